The highest BCUT2D eigenvalue weighted by Gasteiger charge is 2.02. The fraction of sp³-hybridized carbons (Fsp3) is 0.176. The van der Waals surface area contributed by atoms with Crippen molar-refractivity contribution in [1.82, 2.24) is 10.3 Å². The summed E-state index contributed by atoms with van der Waals surface area (Å²) in [6.45, 7) is 1.76. The van der Waals surface area contributed by atoms with Gasteiger partial charge in [-0.25, -0.2) is 0 Å². The number of aromatic amines is 1. The van der Waals surface area contributed by atoms with Crippen LogP contribution in [0.4, 0.5) is 0 Å². The van der Waals surface area contributed by atoms with Crippen LogP contribution in [0.3, 0.4) is 0 Å². The summed E-state index contributed by atoms with van der Waals surface area (Å²) in [5, 5.41) is 14.0. The van der Waals surface area contributed by atoms with E-state index in [0.717, 1.165) is 19.5 Å². The van der Waals surface area contributed by atoms with Crippen LogP contribution in [0.1, 0.15) is 11.1 Å². The molecule has 0 unspecified atom stereocenters. The molecule has 1 heterocycles. The topological polar surface area (TPSA) is 48.0 Å². The second-order valence-corrected chi connectivity index (χ2v) is 4.95. The summed E-state index contributed by atoms with van der Waals surface area (Å²) < 4.78 is 0. The fourth-order valence-electron chi connectivity index (χ4n) is 2.41. The highest BCUT2D eigenvalue weighted by Crippen LogP contribution is 2.17. The number of hydrogen-bond donors (Lipinski definition) is 3. The van der Waals surface area contributed by atoms with Crippen molar-refractivity contribution < 1.29 is 5.11 Å². The van der Waals surface area contributed by atoms with Gasteiger partial charge in [-0.1, -0.05) is 30.3 Å². The number of benzene rings is 2. The van der Waals surface area contributed by atoms with Gasteiger partial charge in [0.25, 0.3) is 0 Å². The number of nitrogens with one attached hydrogen (secondary N) is 2. The van der Waals surface area contributed by atoms with Gasteiger partial charge in [0.1, 0.15) is 5.75 Å². The van der Waals surface area contributed by atoms with Gasteiger partial charge in [0.2, 0.25) is 0 Å². The maximum atomic E-state index is 9.23. The third-order valence-corrected chi connectivity index (χ3v) is 3.51. The van der Waals surface area contributed by atoms with E-state index in [0.29, 0.717) is 5.75 Å². The average Bonchev–Trinajstić information content (AvgIpc) is 2.89. The first-order valence-corrected chi connectivity index (χ1v) is 6.86. The van der Waals surface area contributed by atoms with Crippen molar-refractivity contribution in [2.24, 2.45) is 0 Å². The molecular weight excluding hydrogens is 248 g/mol. The lowest BCUT2D eigenvalue weighted by Gasteiger charge is -2.05. The molecule has 3 nitrogen and oxygen atoms in total. The molecule has 0 amide bonds. The molecule has 20 heavy (non-hydrogen) atoms. The molecule has 0 radical (unpaired) electrons. The van der Waals surface area contributed by atoms with Crippen LogP contribution in [0.5, 0.6) is 5.75 Å². The van der Waals surface area contributed by atoms with Gasteiger partial charge in [-0.15, -0.1) is 0 Å². The zero-order valence-electron chi connectivity index (χ0n) is 11.3. The molecule has 1 aromatic heterocycles. The maximum Gasteiger partial charge on any atom is 0.115 e. The second kappa shape index (κ2) is 5.80. The van der Waals surface area contributed by atoms with E-state index in [9.17, 15) is 5.11 Å². The number of fused-ring (bicyclic) bond motifs is 1. The van der Waals surface area contributed by atoms with Crippen molar-refractivity contribution in [1.29, 1.82) is 0 Å². The van der Waals surface area contributed by atoms with E-state index in [2.05, 4.69) is 34.7 Å². The van der Waals surface area contributed by atoms with Crippen LogP contribution in [0.2, 0.25) is 0 Å². The van der Waals surface area contributed by atoms with E-state index in [4.69, 9.17) is 0 Å². The van der Waals surface area contributed by atoms with Gasteiger partial charge in [0.15, 0.2) is 0 Å². The summed E-state index contributed by atoms with van der Waals surface area (Å²) in [4.78, 5) is 3.30. The minimum Gasteiger partial charge on any atom is -0.508 e. The Balaban J connectivity index is 1.54. The molecule has 0 spiro atoms. The van der Waals surface area contributed by atoms with Gasteiger partial charge < -0.3 is 15.4 Å². The van der Waals surface area contributed by atoms with Crippen LogP contribution >= 0.6 is 0 Å². The molecule has 0 aliphatic carbocycles. The normalized spacial score (nSPS) is 11.0. The lowest BCUT2D eigenvalue weighted by atomic mass is 10.1. The first kappa shape index (κ1) is 12.8. The lowest BCUT2D eigenvalue weighted by Crippen LogP contribution is -2.16. The number of hydrogen-bond acceptors (Lipinski definition) is 2. The number of H-pyrrole nitrogens is 1. The van der Waals surface area contributed by atoms with Crippen molar-refractivity contribution in [3.63, 3.8) is 0 Å². The Morgan fingerprint density at radius 3 is 2.65 bits per heavy atom. The Kier molecular flexibility index (Phi) is 3.70. The molecule has 2 aromatic carbocycles. The zero-order valence-corrected chi connectivity index (χ0v) is 11.3. The Morgan fingerprint density at radius 2 is 1.80 bits per heavy atom. The maximum absolute atomic E-state index is 9.23. The van der Waals surface area contributed by atoms with Crippen molar-refractivity contribution in [3.8, 4) is 5.75 Å². The van der Waals surface area contributed by atoms with E-state index >= 15 is 0 Å². The summed E-state index contributed by atoms with van der Waals surface area (Å²) in [5.74, 6) is 0.313. The summed E-state index contributed by atoms with van der Waals surface area (Å²) in [5.41, 5.74) is 3.72. The molecular formula is C17H18N2O. The number of aromatic nitrogens is 1. The summed E-state index contributed by atoms with van der Waals surface area (Å²) in [7, 11) is 0. The highest BCUT2D eigenvalue weighted by atomic mass is 16.3. The van der Waals surface area contributed by atoms with Gasteiger partial charge in [-0.05, 0) is 42.3 Å². The standard InChI is InChI=1S/C17H18N2O/c20-15-7-5-13(6-8-15)11-18-10-9-14-12-19-17-4-2-1-3-16(14)17/h1-8,12,18-20H,9-11H2. The summed E-state index contributed by atoms with van der Waals surface area (Å²) in [6, 6.07) is 15.7. The highest BCUT2D eigenvalue weighted by molar-refractivity contribution is 5.83. The predicted molar refractivity (Wildman–Crippen MR) is 81.8 cm³/mol. The molecule has 102 valence electrons. The summed E-state index contributed by atoms with van der Waals surface area (Å²) in [6.07, 6.45) is 3.09. The number of phenolic OH excluding ortho intramolecular Hbond substituents is 1. The molecule has 3 rings (SSSR count). The van der Waals surface area contributed by atoms with Gasteiger partial charge >= 0.3 is 0 Å². The van der Waals surface area contributed by atoms with Crippen molar-refractivity contribution >= 4 is 10.9 Å². The number of phenols is 1. The predicted octanol–water partition coefficient (Wildman–Crippen LogP) is 3.21. The third kappa shape index (κ3) is 2.83. The van der Waals surface area contributed by atoms with Crippen molar-refractivity contribution in [3.05, 3.63) is 65.9 Å². The van der Waals surface area contributed by atoms with E-state index in [1.165, 1.54) is 22.0 Å². The Morgan fingerprint density at radius 1 is 1.00 bits per heavy atom. The summed E-state index contributed by atoms with van der Waals surface area (Å²) >= 11 is 0. The van der Waals surface area contributed by atoms with E-state index in [1.807, 2.05) is 18.2 Å². The molecule has 0 saturated heterocycles. The van der Waals surface area contributed by atoms with Crippen LogP contribution in [0, 0.1) is 0 Å². The first-order valence-electron chi connectivity index (χ1n) is 6.86. The van der Waals surface area contributed by atoms with Crippen LogP contribution < -0.4 is 5.32 Å². The van der Waals surface area contributed by atoms with Crippen LogP contribution in [0.25, 0.3) is 10.9 Å². The lowest BCUT2D eigenvalue weighted by molar-refractivity contribution is 0.475. The molecule has 3 aromatic rings. The Labute approximate surface area is 118 Å². The SMILES string of the molecule is Oc1ccc(CNCCc2c[nH]c3ccccc23)cc1. The van der Waals surface area contributed by atoms with Gasteiger partial charge in [-0.3, -0.25) is 0 Å². The van der Waals surface area contributed by atoms with E-state index in [-0.39, 0.29) is 0 Å². The smallest absolute Gasteiger partial charge is 0.115 e. The van der Waals surface area contributed by atoms with Gasteiger partial charge in [-0.2, -0.15) is 0 Å². The monoisotopic (exact) mass is 266 g/mol. The van der Waals surface area contributed by atoms with Crippen LogP contribution in [-0.4, -0.2) is 16.6 Å². The Hall–Kier alpha value is -2.26. The van der Waals surface area contributed by atoms with E-state index < -0.39 is 0 Å². The number of rotatable bonds is 5. The Bertz CT molecular complexity index is 686. The van der Waals surface area contributed by atoms with Gasteiger partial charge in [0, 0.05) is 23.6 Å². The fourth-order valence-corrected chi connectivity index (χ4v) is 2.41. The van der Waals surface area contributed by atoms with Crippen molar-refractivity contribution in [2.75, 3.05) is 6.54 Å². The number of aromatic hydroxyl groups is 1. The molecule has 3 N–H and O–H groups in total. The largest absolute Gasteiger partial charge is 0.508 e. The van der Waals surface area contributed by atoms with Crippen molar-refractivity contribution in [2.45, 2.75) is 13.0 Å². The quantitative estimate of drug-likeness (QED) is 0.621. The molecule has 0 bridgehead atoms. The second-order valence-electron chi connectivity index (χ2n) is 4.95. The minimum atomic E-state index is 0.313. The minimum absolute atomic E-state index is 0.313. The molecule has 0 atom stereocenters. The van der Waals surface area contributed by atoms with Crippen LogP contribution in [-0.2, 0) is 13.0 Å². The van der Waals surface area contributed by atoms with Crippen LogP contribution in [0.15, 0.2) is 54.7 Å². The molecule has 0 fully saturated rings. The number of para-hydroxylation sites is 1. The molecule has 0 aliphatic heterocycles. The molecule has 0 aliphatic rings. The average molecular weight is 266 g/mol. The molecule has 0 saturated carbocycles. The zero-order chi connectivity index (χ0) is 13.8. The van der Waals surface area contributed by atoms with Gasteiger partial charge in [0.05, 0.1) is 0 Å². The third-order valence-electron chi connectivity index (χ3n) is 3.51. The van der Waals surface area contributed by atoms with E-state index in [1.54, 1.807) is 12.1 Å². The first-order chi connectivity index (χ1) is 9.83. The molecule has 3 heteroatoms.